The van der Waals surface area contributed by atoms with E-state index in [1.165, 1.54) is 12.2 Å². The standard InChI is InChI=1S/C18H15NO3/c1-19(12-6-4-3-5-7-12)15-11-13(22-2)10-14-16(20)8-9-17(21)18(14)15/h3-11H,1-2H3. The number of methoxy groups -OCH3 is 1. The minimum atomic E-state index is -0.184. The number of para-hydroxylation sites is 1. The van der Waals surface area contributed by atoms with Gasteiger partial charge >= 0.3 is 0 Å². The Morgan fingerprint density at radius 3 is 2.32 bits per heavy atom. The van der Waals surface area contributed by atoms with Gasteiger partial charge in [0.1, 0.15) is 5.75 Å². The van der Waals surface area contributed by atoms with Crippen molar-refractivity contribution >= 4 is 22.9 Å². The zero-order valence-electron chi connectivity index (χ0n) is 12.4. The zero-order valence-corrected chi connectivity index (χ0v) is 12.4. The predicted octanol–water partition coefficient (Wildman–Crippen LogP) is 3.40. The molecule has 3 rings (SSSR count). The molecular formula is C18H15NO3. The summed E-state index contributed by atoms with van der Waals surface area (Å²) in [4.78, 5) is 26.3. The maximum Gasteiger partial charge on any atom is 0.188 e. The first-order chi connectivity index (χ1) is 10.6. The molecule has 0 heterocycles. The van der Waals surface area contributed by atoms with Crippen LogP contribution in [0, 0.1) is 0 Å². The first kappa shape index (κ1) is 14.1. The summed E-state index contributed by atoms with van der Waals surface area (Å²) >= 11 is 0. The van der Waals surface area contributed by atoms with Crippen molar-refractivity contribution in [2.75, 3.05) is 19.1 Å². The highest BCUT2D eigenvalue weighted by Crippen LogP contribution is 2.35. The quantitative estimate of drug-likeness (QED) is 0.870. The fourth-order valence-electron chi connectivity index (χ4n) is 2.55. The third kappa shape index (κ3) is 2.29. The van der Waals surface area contributed by atoms with Gasteiger partial charge in [-0.2, -0.15) is 0 Å². The lowest BCUT2D eigenvalue weighted by Crippen LogP contribution is -2.19. The molecule has 0 fully saturated rings. The molecule has 0 saturated heterocycles. The predicted molar refractivity (Wildman–Crippen MR) is 85.3 cm³/mol. The van der Waals surface area contributed by atoms with Crippen LogP contribution in [0.1, 0.15) is 20.7 Å². The van der Waals surface area contributed by atoms with Crippen LogP contribution < -0.4 is 9.64 Å². The highest BCUT2D eigenvalue weighted by atomic mass is 16.5. The summed E-state index contributed by atoms with van der Waals surface area (Å²) in [7, 11) is 3.40. The average molecular weight is 293 g/mol. The lowest BCUT2D eigenvalue weighted by atomic mass is 9.92. The van der Waals surface area contributed by atoms with Crippen molar-refractivity contribution in [3.8, 4) is 5.75 Å². The molecule has 0 bridgehead atoms. The lowest BCUT2D eigenvalue weighted by Gasteiger charge is -2.25. The van der Waals surface area contributed by atoms with Crippen LogP contribution in [-0.4, -0.2) is 25.7 Å². The first-order valence-corrected chi connectivity index (χ1v) is 6.89. The third-order valence-corrected chi connectivity index (χ3v) is 3.73. The third-order valence-electron chi connectivity index (χ3n) is 3.73. The number of rotatable bonds is 3. The number of carbonyl (C=O) groups is 2. The second kappa shape index (κ2) is 5.48. The van der Waals surface area contributed by atoms with Gasteiger partial charge in [-0.1, -0.05) is 18.2 Å². The Kier molecular flexibility index (Phi) is 3.51. The highest BCUT2D eigenvalue weighted by molar-refractivity contribution is 6.24. The van der Waals surface area contributed by atoms with Gasteiger partial charge in [-0.3, -0.25) is 9.59 Å². The number of carbonyl (C=O) groups excluding carboxylic acids is 2. The molecule has 0 aliphatic heterocycles. The van der Waals surface area contributed by atoms with E-state index in [9.17, 15) is 9.59 Å². The molecule has 0 spiro atoms. The molecule has 2 aromatic rings. The summed E-state index contributed by atoms with van der Waals surface area (Å²) in [5, 5.41) is 0. The van der Waals surface area contributed by atoms with E-state index in [-0.39, 0.29) is 11.6 Å². The summed E-state index contributed by atoms with van der Waals surface area (Å²) < 4.78 is 5.28. The van der Waals surface area contributed by atoms with E-state index in [0.29, 0.717) is 22.6 Å². The number of hydrogen-bond acceptors (Lipinski definition) is 4. The summed E-state index contributed by atoms with van der Waals surface area (Å²) in [6.45, 7) is 0. The minimum absolute atomic E-state index is 0.171. The summed E-state index contributed by atoms with van der Waals surface area (Å²) in [5.74, 6) is 0.194. The fraction of sp³-hybridized carbons (Fsp3) is 0.111. The molecule has 0 N–H and O–H groups in total. The van der Waals surface area contributed by atoms with Crippen LogP contribution in [0.3, 0.4) is 0 Å². The zero-order chi connectivity index (χ0) is 15.7. The Morgan fingerprint density at radius 1 is 0.955 bits per heavy atom. The van der Waals surface area contributed by atoms with E-state index in [2.05, 4.69) is 0 Å². The molecule has 110 valence electrons. The van der Waals surface area contributed by atoms with Crippen LogP contribution in [0.15, 0.2) is 54.6 Å². The normalized spacial score (nSPS) is 13.0. The number of anilines is 2. The maximum absolute atomic E-state index is 12.3. The minimum Gasteiger partial charge on any atom is -0.497 e. The topological polar surface area (TPSA) is 46.6 Å². The van der Waals surface area contributed by atoms with E-state index in [1.807, 2.05) is 42.3 Å². The molecule has 0 saturated carbocycles. The summed E-state index contributed by atoms with van der Waals surface area (Å²) in [5.41, 5.74) is 2.38. The Hall–Kier alpha value is -2.88. The van der Waals surface area contributed by atoms with E-state index in [4.69, 9.17) is 4.74 Å². The molecule has 22 heavy (non-hydrogen) atoms. The Morgan fingerprint density at radius 2 is 1.64 bits per heavy atom. The van der Waals surface area contributed by atoms with E-state index >= 15 is 0 Å². The van der Waals surface area contributed by atoms with Gasteiger partial charge in [0, 0.05) is 24.4 Å². The molecule has 4 nitrogen and oxygen atoms in total. The Bertz CT molecular complexity index is 778. The van der Waals surface area contributed by atoms with E-state index in [0.717, 1.165) is 5.69 Å². The molecule has 1 aliphatic rings. The number of hydrogen-bond donors (Lipinski definition) is 0. The van der Waals surface area contributed by atoms with Crippen LogP contribution in [0.25, 0.3) is 0 Å². The number of ether oxygens (including phenoxy) is 1. The fourth-order valence-corrected chi connectivity index (χ4v) is 2.55. The van der Waals surface area contributed by atoms with Gasteiger partial charge in [0.05, 0.1) is 18.4 Å². The monoisotopic (exact) mass is 293 g/mol. The SMILES string of the molecule is COc1cc2c(c(N(C)c3ccccc3)c1)C(=O)C=CC2=O. The molecule has 4 heteroatoms. The number of fused-ring (bicyclic) bond motifs is 1. The summed E-state index contributed by atoms with van der Waals surface area (Å²) in [6.07, 6.45) is 2.62. The van der Waals surface area contributed by atoms with Crippen molar-refractivity contribution in [2.45, 2.75) is 0 Å². The molecule has 2 aromatic carbocycles. The number of nitrogens with zero attached hydrogens (tertiary/aromatic N) is 1. The molecule has 0 amide bonds. The van der Waals surface area contributed by atoms with Crippen LogP contribution in [0.2, 0.25) is 0 Å². The van der Waals surface area contributed by atoms with Gasteiger partial charge in [-0.25, -0.2) is 0 Å². The Labute approximate surface area is 128 Å². The molecule has 1 aliphatic carbocycles. The number of benzene rings is 2. The lowest BCUT2D eigenvalue weighted by molar-refractivity contribution is 0.0994. The van der Waals surface area contributed by atoms with Crippen LogP contribution >= 0.6 is 0 Å². The van der Waals surface area contributed by atoms with Gasteiger partial charge < -0.3 is 9.64 Å². The summed E-state index contributed by atoms with van der Waals surface area (Å²) in [6, 6.07) is 13.0. The van der Waals surface area contributed by atoms with Crippen molar-refractivity contribution in [3.05, 3.63) is 65.7 Å². The largest absolute Gasteiger partial charge is 0.497 e. The molecule has 0 radical (unpaired) electrons. The maximum atomic E-state index is 12.3. The second-order valence-corrected chi connectivity index (χ2v) is 5.03. The molecule has 0 unspecified atom stereocenters. The Balaban J connectivity index is 2.21. The van der Waals surface area contributed by atoms with E-state index < -0.39 is 0 Å². The van der Waals surface area contributed by atoms with Crippen LogP contribution in [0.4, 0.5) is 11.4 Å². The van der Waals surface area contributed by atoms with Gasteiger partial charge in [0.2, 0.25) is 0 Å². The average Bonchev–Trinajstić information content (AvgIpc) is 2.57. The molecule has 0 aromatic heterocycles. The number of ketones is 2. The van der Waals surface area contributed by atoms with Gasteiger partial charge in [-0.05, 0) is 30.4 Å². The van der Waals surface area contributed by atoms with Crippen molar-refractivity contribution in [1.82, 2.24) is 0 Å². The molecule has 0 atom stereocenters. The van der Waals surface area contributed by atoms with E-state index in [1.54, 1.807) is 19.2 Å². The van der Waals surface area contributed by atoms with Crippen LogP contribution in [-0.2, 0) is 0 Å². The highest BCUT2D eigenvalue weighted by Gasteiger charge is 2.25. The second-order valence-electron chi connectivity index (χ2n) is 5.03. The van der Waals surface area contributed by atoms with Crippen molar-refractivity contribution in [2.24, 2.45) is 0 Å². The number of allylic oxidation sites excluding steroid dienone is 2. The van der Waals surface area contributed by atoms with Gasteiger partial charge in [0.25, 0.3) is 0 Å². The van der Waals surface area contributed by atoms with Gasteiger partial charge in [0.15, 0.2) is 11.6 Å². The van der Waals surface area contributed by atoms with Gasteiger partial charge in [-0.15, -0.1) is 0 Å². The first-order valence-electron chi connectivity index (χ1n) is 6.89. The molecular weight excluding hydrogens is 278 g/mol. The van der Waals surface area contributed by atoms with Crippen LogP contribution in [0.5, 0.6) is 5.75 Å². The van der Waals surface area contributed by atoms with Crippen molar-refractivity contribution in [1.29, 1.82) is 0 Å². The smallest absolute Gasteiger partial charge is 0.188 e. The van der Waals surface area contributed by atoms with Crippen molar-refractivity contribution < 1.29 is 14.3 Å². The van der Waals surface area contributed by atoms with Crippen molar-refractivity contribution in [3.63, 3.8) is 0 Å².